The van der Waals surface area contributed by atoms with Crippen LogP contribution < -0.4 is 0 Å². The normalized spacial score (nSPS) is 10.3. The lowest BCUT2D eigenvalue weighted by molar-refractivity contribution is 1.02. The van der Waals surface area contributed by atoms with Crippen LogP contribution in [0.5, 0.6) is 0 Å². The van der Waals surface area contributed by atoms with Gasteiger partial charge in [-0.3, -0.25) is 4.98 Å². The minimum Gasteiger partial charge on any atom is -0.264 e. The van der Waals surface area contributed by atoms with Crippen molar-refractivity contribution in [2.24, 2.45) is 0 Å². The summed E-state index contributed by atoms with van der Waals surface area (Å²) in [4.78, 5) is 3.97. The highest BCUT2D eigenvalue weighted by Crippen LogP contribution is 2.17. The van der Waals surface area contributed by atoms with Gasteiger partial charge in [-0.25, -0.2) is 0 Å². The third-order valence-electron chi connectivity index (χ3n) is 1.42. The van der Waals surface area contributed by atoms with Gasteiger partial charge in [-0.1, -0.05) is 0 Å². The van der Waals surface area contributed by atoms with Crippen molar-refractivity contribution in [1.82, 2.24) is 15.2 Å². The summed E-state index contributed by atoms with van der Waals surface area (Å²) in [6.07, 6.45) is 5.18. The molecule has 0 atom stereocenters. The molecule has 54 valence electrons. The van der Waals surface area contributed by atoms with Crippen LogP contribution in [0.25, 0.3) is 10.8 Å². The maximum absolute atomic E-state index is 3.97. The molecule has 2 aromatic rings. The fourth-order valence-electron chi connectivity index (χ4n) is 0.893. The fraction of sp³-hybridized carbons (Fsp3) is 0. The van der Waals surface area contributed by atoms with Gasteiger partial charge in [-0.2, -0.15) is 5.10 Å². The summed E-state index contributed by atoms with van der Waals surface area (Å²) in [6, 6.07) is 1.90. The van der Waals surface area contributed by atoms with Crippen molar-refractivity contribution in [2.75, 3.05) is 0 Å². The van der Waals surface area contributed by atoms with Crippen LogP contribution in [0.15, 0.2) is 29.3 Å². The van der Waals surface area contributed by atoms with Gasteiger partial charge in [0.15, 0.2) is 0 Å². The van der Waals surface area contributed by atoms with Gasteiger partial charge in [0.05, 0.1) is 6.20 Å². The van der Waals surface area contributed by atoms with Crippen molar-refractivity contribution in [2.45, 2.75) is 0 Å². The third-order valence-corrected chi connectivity index (χ3v) is 2.00. The number of hydrogen-bond donors (Lipinski definition) is 0. The lowest BCUT2D eigenvalue weighted by atomic mass is 10.3. The van der Waals surface area contributed by atoms with Crippen molar-refractivity contribution in [1.29, 1.82) is 0 Å². The molecule has 0 unspecified atom stereocenters. The third kappa shape index (κ3) is 1.09. The molecule has 2 rings (SSSR count). The van der Waals surface area contributed by atoms with Gasteiger partial charge in [-0.05, 0) is 22.0 Å². The minimum atomic E-state index is 0.761. The zero-order chi connectivity index (χ0) is 7.68. The molecule has 0 aromatic carbocycles. The highest BCUT2D eigenvalue weighted by molar-refractivity contribution is 9.10. The van der Waals surface area contributed by atoms with Crippen molar-refractivity contribution >= 4 is 26.7 Å². The molecular weight excluding hydrogens is 206 g/mol. The first-order valence-electron chi connectivity index (χ1n) is 3.09. The van der Waals surface area contributed by atoms with E-state index in [1.54, 1.807) is 18.6 Å². The second-order valence-corrected chi connectivity index (χ2v) is 2.85. The SMILES string of the molecule is Brc1nncc2cnccc12. The Bertz CT molecular complexity index is 383. The molecule has 4 heteroatoms. The number of hydrogen-bond acceptors (Lipinski definition) is 3. The predicted molar refractivity (Wildman–Crippen MR) is 45.0 cm³/mol. The van der Waals surface area contributed by atoms with E-state index in [1.165, 1.54) is 0 Å². The summed E-state index contributed by atoms with van der Waals surface area (Å²) in [5, 5.41) is 9.65. The molecule has 0 amide bonds. The fourth-order valence-corrected chi connectivity index (χ4v) is 1.35. The smallest absolute Gasteiger partial charge is 0.136 e. The van der Waals surface area contributed by atoms with Gasteiger partial charge in [-0.15, -0.1) is 5.10 Å². The Hall–Kier alpha value is -1.03. The Balaban J connectivity index is 2.91. The molecule has 0 spiro atoms. The van der Waals surface area contributed by atoms with Gasteiger partial charge >= 0.3 is 0 Å². The number of pyridine rings is 1. The van der Waals surface area contributed by atoms with Crippen molar-refractivity contribution < 1.29 is 0 Å². The maximum Gasteiger partial charge on any atom is 0.136 e. The summed E-state index contributed by atoms with van der Waals surface area (Å²) in [7, 11) is 0. The summed E-state index contributed by atoms with van der Waals surface area (Å²) >= 11 is 3.30. The lowest BCUT2D eigenvalue weighted by Crippen LogP contribution is -1.83. The van der Waals surface area contributed by atoms with Crippen molar-refractivity contribution in [3.63, 3.8) is 0 Å². The number of nitrogens with zero attached hydrogens (tertiary/aromatic N) is 3. The zero-order valence-corrected chi connectivity index (χ0v) is 7.12. The van der Waals surface area contributed by atoms with E-state index in [2.05, 4.69) is 31.1 Å². The van der Waals surface area contributed by atoms with Crippen LogP contribution in [-0.2, 0) is 0 Å². The molecule has 0 fully saturated rings. The molecule has 2 aromatic heterocycles. The van der Waals surface area contributed by atoms with Gasteiger partial charge in [0.1, 0.15) is 4.60 Å². The molecule has 0 radical (unpaired) electrons. The molecular formula is C7H4BrN3. The van der Waals surface area contributed by atoms with E-state index in [9.17, 15) is 0 Å². The molecule has 11 heavy (non-hydrogen) atoms. The van der Waals surface area contributed by atoms with Gasteiger partial charge in [0.25, 0.3) is 0 Å². The molecule has 2 heterocycles. The first-order valence-corrected chi connectivity index (χ1v) is 3.88. The largest absolute Gasteiger partial charge is 0.264 e. The second kappa shape index (κ2) is 2.54. The number of rotatable bonds is 0. The van der Waals surface area contributed by atoms with E-state index in [0.717, 1.165) is 15.4 Å². The Kier molecular flexibility index (Phi) is 1.54. The summed E-state index contributed by atoms with van der Waals surface area (Å²) in [6.45, 7) is 0. The highest BCUT2D eigenvalue weighted by Gasteiger charge is 1.97. The summed E-state index contributed by atoms with van der Waals surface area (Å²) in [5.74, 6) is 0. The Morgan fingerprint density at radius 1 is 1.27 bits per heavy atom. The van der Waals surface area contributed by atoms with E-state index in [4.69, 9.17) is 0 Å². The van der Waals surface area contributed by atoms with Crippen LogP contribution in [-0.4, -0.2) is 15.2 Å². The molecule has 0 aliphatic rings. The lowest BCUT2D eigenvalue weighted by Gasteiger charge is -1.94. The first-order chi connectivity index (χ1) is 5.38. The number of fused-ring (bicyclic) bond motifs is 1. The predicted octanol–water partition coefficient (Wildman–Crippen LogP) is 1.79. The summed E-state index contributed by atoms with van der Waals surface area (Å²) in [5.41, 5.74) is 0. The van der Waals surface area contributed by atoms with Crippen molar-refractivity contribution in [3.05, 3.63) is 29.3 Å². The molecule has 0 aliphatic heterocycles. The quantitative estimate of drug-likeness (QED) is 0.665. The first kappa shape index (κ1) is 6.67. The topological polar surface area (TPSA) is 38.7 Å². The van der Waals surface area contributed by atoms with Crippen LogP contribution in [0.4, 0.5) is 0 Å². The van der Waals surface area contributed by atoms with E-state index in [1.807, 2.05) is 6.07 Å². The maximum atomic E-state index is 3.97. The van der Waals surface area contributed by atoms with Gasteiger partial charge < -0.3 is 0 Å². The molecule has 0 saturated carbocycles. The Morgan fingerprint density at radius 2 is 2.18 bits per heavy atom. The van der Waals surface area contributed by atoms with Gasteiger partial charge in [0, 0.05) is 23.2 Å². The Morgan fingerprint density at radius 3 is 3.00 bits per heavy atom. The monoisotopic (exact) mass is 209 g/mol. The van der Waals surface area contributed by atoms with Crippen LogP contribution in [0.2, 0.25) is 0 Å². The molecule has 3 nitrogen and oxygen atoms in total. The van der Waals surface area contributed by atoms with E-state index < -0.39 is 0 Å². The summed E-state index contributed by atoms with van der Waals surface area (Å²) < 4.78 is 0.761. The van der Waals surface area contributed by atoms with Crippen molar-refractivity contribution in [3.8, 4) is 0 Å². The van der Waals surface area contributed by atoms with Crippen LogP contribution in [0.1, 0.15) is 0 Å². The average molecular weight is 210 g/mol. The number of halogens is 1. The molecule has 0 N–H and O–H groups in total. The molecule has 0 saturated heterocycles. The zero-order valence-electron chi connectivity index (χ0n) is 5.53. The highest BCUT2D eigenvalue weighted by atomic mass is 79.9. The standard InChI is InChI=1S/C7H4BrN3/c8-7-6-1-2-9-3-5(6)4-10-11-7/h1-4H. The van der Waals surface area contributed by atoms with Crippen LogP contribution in [0.3, 0.4) is 0 Å². The number of aromatic nitrogens is 3. The second-order valence-electron chi connectivity index (χ2n) is 2.10. The van der Waals surface area contributed by atoms with E-state index >= 15 is 0 Å². The van der Waals surface area contributed by atoms with Crippen LogP contribution in [0, 0.1) is 0 Å². The van der Waals surface area contributed by atoms with E-state index in [0.29, 0.717) is 0 Å². The Labute approximate surface area is 71.6 Å². The average Bonchev–Trinajstić information content (AvgIpc) is 2.06. The molecule has 0 bridgehead atoms. The minimum absolute atomic E-state index is 0.761. The molecule has 0 aliphatic carbocycles. The van der Waals surface area contributed by atoms with E-state index in [-0.39, 0.29) is 0 Å². The van der Waals surface area contributed by atoms with Gasteiger partial charge in [0.2, 0.25) is 0 Å². The van der Waals surface area contributed by atoms with Crippen LogP contribution >= 0.6 is 15.9 Å².